The summed E-state index contributed by atoms with van der Waals surface area (Å²) in [6, 6.07) is 5.15. The average Bonchev–Trinajstić information content (AvgIpc) is 3.04. The van der Waals surface area contributed by atoms with Gasteiger partial charge in [-0.15, -0.1) is 22.7 Å². The largest absolute Gasteiger partial charge is 0.305 e. The molecule has 0 saturated carbocycles. The lowest BCUT2D eigenvalue weighted by Crippen LogP contribution is -2.23. The molecule has 1 aliphatic rings. The molecule has 1 nitrogen and oxygen atoms in total. The van der Waals surface area contributed by atoms with Gasteiger partial charge in [0.05, 0.1) is 0 Å². The predicted molar refractivity (Wildman–Crippen MR) is 80.5 cm³/mol. The Kier molecular flexibility index (Phi) is 3.83. The SMILES string of the molecule is CCc1ccsc1CNC1CCCc2sccc21. The summed E-state index contributed by atoms with van der Waals surface area (Å²) < 4.78 is 0. The molecule has 0 radical (unpaired) electrons. The van der Waals surface area contributed by atoms with Gasteiger partial charge in [0.15, 0.2) is 0 Å². The number of nitrogens with one attached hydrogen (secondary N) is 1. The van der Waals surface area contributed by atoms with E-state index in [9.17, 15) is 0 Å². The van der Waals surface area contributed by atoms with Gasteiger partial charge in [-0.05, 0) is 59.7 Å². The van der Waals surface area contributed by atoms with Gasteiger partial charge >= 0.3 is 0 Å². The van der Waals surface area contributed by atoms with Crippen LogP contribution in [0.5, 0.6) is 0 Å². The van der Waals surface area contributed by atoms with Crippen molar-refractivity contribution in [3.8, 4) is 0 Å². The summed E-state index contributed by atoms with van der Waals surface area (Å²) in [6.07, 6.45) is 5.05. The monoisotopic (exact) mass is 277 g/mol. The first-order valence-corrected chi connectivity index (χ1v) is 8.49. The summed E-state index contributed by atoms with van der Waals surface area (Å²) in [5.74, 6) is 0. The molecular weight excluding hydrogens is 258 g/mol. The Morgan fingerprint density at radius 1 is 1.28 bits per heavy atom. The molecule has 1 atom stereocenters. The van der Waals surface area contributed by atoms with E-state index in [-0.39, 0.29) is 0 Å². The maximum atomic E-state index is 3.76. The summed E-state index contributed by atoms with van der Waals surface area (Å²) in [4.78, 5) is 3.11. The first kappa shape index (κ1) is 12.4. The van der Waals surface area contributed by atoms with Gasteiger partial charge in [0, 0.05) is 22.3 Å². The van der Waals surface area contributed by atoms with E-state index >= 15 is 0 Å². The molecule has 96 valence electrons. The molecule has 0 fully saturated rings. The first-order valence-electron chi connectivity index (χ1n) is 6.73. The molecule has 0 aromatic carbocycles. The molecule has 2 aromatic heterocycles. The number of thiophene rings is 2. The van der Waals surface area contributed by atoms with E-state index in [0.29, 0.717) is 6.04 Å². The fourth-order valence-corrected chi connectivity index (χ4v) is 4.67. The standard InChI is InChI=1S/C15H19NS2/c1-2-11-6-8-18-15(11)10-16-13-4-3-5-14-12(13)7-9-17-14/h6-9,13,16H,2-5,10H2,1H3. The Balaban J connectivity index is 1.68. The third-order valence-corrected chi connectivity index (χ3v) is 5.74. The predicted octanol–water partition coefficient (Wildman–Crippen LogP) is 4.54. The molecule has 1 N–H and O–H groups in total. The molecule has 3 heteroatoms. The summed E-state index contributed by atoms with van der Waals surface area (Å²) in [6.45, 7) is 3.27. The van der Waals surface area contributed by atoms with Gasteiger partial charge in [-0.2, -0.15) is 0 Å². The molecular formula is C15H19NS2. The molecule has 0 amide bonds. The number of fused-ring (bicyclic) bond motifs is 1. The van der Waals surface area contributed by atoms with Gasteiger partial charge in [0.1, 0.15) is 0 Å². The van der Waals surface area contributed by atoms with Crippen molar-refractivity contribution < 1.29 is 0 Å². The van der Waals surface area contributed by atoms with Crippen LogP contribution in [0.2, 0.25) is 0 Å². The van der Waals surface area contributed by atoms with Crippen LogP contribution in [0.3, 0.4) is 0 Å². The van der Waals surface area contributed by atoms with Crippen LogP contribution in [0.25, 0.3) is 0 Å². The Morgan fingerprint density at radius 2 is 2.17 bits per heavy atom. The van der Waals surface area contributed by atoms with Crippen molar-refractivity contribution in [3.05, 3.63) is 43.8 Å². The Bertz CT molecular complexity index is 512. The normalized spacial score (nSPS) is 18.8. The van der Waals surface area contributed by atoms with Gasteiger partial charge in [0.25, 0.3) is 0 Å². The van der Waals surface area contributed by atoms with Crippen LogP contribution in [-0.2, 0) is 19.4 Å². The third-order valence-electron chi connectivity index (χ3n) is 3.78. The zero-order valence-corrected chi connectivity index (χ0v) is 12.4. The van der Waals surface area contributed by atoms with E-state index in [1.807, 2.05) is 22.7 Å². The van der Waals surface area contributed by atoms with Crippen molar-refractivity contribution in [3.63, 3.8) is 0 Å². The Labute approximate surface area is 117 Å². The zero-order valence-electron chi connectivity index (χ0n) is 10.7. The number of hydrogen-bond acceptors (Lipinski definition) is 3. The highest BCUT2D eigenvalue weighted by Crippen LogP contribution is 2.33. The van der Waals surface area contributed by atoms with Crippen molar-refractivity contribution in [2.75, 3.05) is 0 Å². The number of aryl methyl sites for hydroxylation is 2. The summed E-state index contributed by atoms with van der Waals surface area (Å²) >= 11 is 3.81. The van der Waals surface area contributed by atoms with Gasteiger partial charge in [-0.1, -0.05) is 6.92 Å². The van der Waals surface area contributed by atoms with Gasteiger partial charge in [0.2, 0.25) is 0 Å². The molecule has 0 spiro atoms. The van der Waals surface area contributed by atoms with Crippen molar-refractivity contribution in [1.29, 1.82) is 0 Å². The molecule has 0 saturated heterocycles. The lowest BCUT2D eigenvalue weighted by Gasteiger charge is -2.23. The second-order valence-electron chi connectivity index (χ2n) is 4.85. The molecule has 2 heterocycles. The van der Waals surface area contributed by atoms with Gasteiger partial charge < -0.3 is 5.32 Å². The highest BCUT2D eigenvalue weighted by atomic mass is 32.1. The van der Waals surface area contributed by atoms with E-state index in [4.69, 9.17) is 0 Å². The highest BCUT2D eigenvalue weighted by Gasteiger charge is 2.20. The minimum Gasteiger partial charge on any atom is -0.305 e. The molecule has 3 rings (SSSR count). The maximum absolute atomic E-state index is 3.76. The van der Waals surface area contributed by atoms with Crippen LogP contribution in [0.15, 0.2) is 22.9 Å². The van der Waals surface area contributed by atoms with E-state index < -0.39 is 0 Å². The Morgan fingerprint density at radius 3 is 3.06 bits per heavy atom. The average molecular weight is 277 g/mol. The summed E-state index contributed by atoms with van der Waals surface area (Å²) in [5.41, 5.74) is 3.06. The first-order chi connectivity index (χ1) is 8.88. The minimum atomic E-state index is 0.576. The molecule has 18 heavy (non-hydrogen) atoms. The fourth-order valence-electron chi connectivity index (χ4n) is 2.75. The van der Waals surface area contributed by atoms with Crippen LogP contribution in [0.4, 0.5) is 0 Å². The number of hydrogen-bond donors (Lipinski definition) is 1. The fraction of sp³-hybridized carbons (Fsp3) is 0.467. The zero-order chi connectivity index (χ0) is 12.4. The Hall–Kier alpha value is -0.640. The highest BCUT2D eigenvalue weighted by molar-refractivity contribution is 7.10. The third kappa shape index (κ3) is 2.40. The quantitative estimate of drug-likeness (QED) is 0.865. The van der Waals surface area contributed by atoms with Crippen LogP contribution >= 0.6 is 22.7 Å². The second kappa shape index (κ2) is 5.55. The van der Waals surface area contributed by atoms with Crippen LogP contribution in [0, 0.1) is 0 Å². The topological polar surface area (TPSA) is 12.0 Å². The molecule has 2 aromatic rings. The minimum absolute atomic E-state index is 0.576. The van der Waals surface area contributed by atoms with Crippen molar-refractivity contribution in [1.82, 2.24) is 5.32 Å². The maximum Gasteiger partial charge on any atom is 0.0334 e. The lowest BCUT2D eigenvalue weighted by atomic mass is 9.94. The van der Waals surface area contributed by atoms with E-state index in [2.05, 4.69) is 35.1 Å². The molecule has 1 aliphatic carbocycles. The van der Waals surface area contributed by atoms with Crippen molar-refractivity contribution in [2.45, 2.75) is 45.2 Å². The van der Waals surface area contributed by atoms with E-state index in [1.165, 1.54) is 29.7 Å². The lowest BCUT2D eigenvalue weighted by molar-refractivity contribution is 0.464. The molecule has 0 aliphatic heterocycles. The summed E-state index contributed by atoms with van der Waals surface area (Å²) in [7, 11) is 0. The van der Waals surface area contributed by atoms with Crippen molar-refractivity contribution in [2.24, 2.45) is 0 Å². The van der Waals surface area contributed by atoms with Crippen molar-refractivity contribution >= 4 is 22.7 Å². The van der Waals surface area contributed by atoms with E-state index in [0.717, 1.165) is 13.0 Å². The van der Waals surface area contributed by atoms with E-state index in [1.54, 1.807) is 10.4 Å². The number of rotatable bonds is 4. The second-order valence-corrected chi connectivity index (χ2v) is 6.85. The van der Waals surface area contributed by atoms with Crippen LogP contribution < -0.4 is 5.32 Å². The van der Waals surface area contributed by atoms with Gasteiger partial charge in [-0.25, -0.2) is 0 Å². The molecule has 1 unspecified atom stereocenters. The smallest absolute Gasteiger partial charge is 0.0334 e. The van der Waals surface area contributed by atoms with Crippen LogP contribution in [-0.4, -0.2) is 0 Å². The van der Waals surface area contributed by atoms with Crippen LogP contribution in [0.1, 0.15) is 46.7 Å². The van der Waals surface area contributed by atoms with Gasteiger partial charge in [-0.3, -0.25) is 0 Å². The summed E-state index contributed by atoms with van der Waals surface area (Å²) in [5, 5.41) is 8.22. The molecule has 0 bridgehead atoms.